The minimum Gasteiger partial charge on any atom is -0.392 e. The van der Waals surface area contributed by atoms with Crippen molar-refractivity contribution < 1.29 is 5.11 Å². The van der Waals surface area contributed by atoms with Crippen molar-refractivity contribution in [3.05, 3.63) is 42.2 Å². The molecule has 3 nitrogen and oxygen atoms in total. The highest BCUT2D eigenvalue weighted by Crippen LogP contribution is 2.21. The zero-order valence-electron chi connectivity index (χ0n) is 7.07. The highest BCUT2D eigenvalue weighted by Gasteiger charge is 2.03. The smallest absolute Gasteiger partial charge is 0.0687 e. The van der Waals surface area contributed by atoms with Crippen molar-refractivity contribution in [1.82, 2.24) is 10.2 Å². The Labute approximate surface area is 76.0 Å². The van der Waals surface area contributed by atoms with E-state index in [2.05, 4.69) is 10.2 Å². The van der Waals surface area contributed by atoms with E-state index in [0.29, 0.717) is 0 Å². The normalized spacial score (nSPS) is 10.2. The summed E-state index contributed by atoms with van der Waals surface area (Å²) in [6, 6.07) is 7.73. The van der Waals surface area contributed by atoms with Crippen molar-refractivity contribution in [1.29, 1.82) is 0 Å². The molecule has 0 aliphatic carbocycles. The Morgan fingerprint density at radius 1 is 1.31 bits per heavy atom. The van der Waals surface area contributed by atoms with Crippen LogP contribution in [0.2, 0.25) is 0 Å². The van der Waals surface area contributed by atoms with Gasteiger partial charge in [-0.25, -0.2) is 0 Å². The molecule has 0 saturated carbocycles. The van der Waals surface area contributed by atoms with Crippen LogP contribution < -0.4 is 0 Å². The quantitative estimate of drug-likeness (QED) is 0.726. The number of rotatable bonds is 2. The summed E-state index contributed by atoms with van der Waals surface area (Å²) >= 11 is 0. The second kappa shape index (κ2) is 3.41. The van der Waals surface area contributed by atoms with Crippen LogP contribution in [0.15, 0.2) is 36.7 Å². The van der Waals surface area contributed by atoms with E-state index in [9.17, 15) is 0 Å². The van der Waals surface area contributed by atoms with E-state index < -0.39 is 0 Å². The first-order valence-electron chi connectivity index (χ1n) is 4.09. The van der Waals surface area contributed by atoms with Crippen molar-refractivity contribution in [2.24, 2.45) is 0 Å². The first kappa shape index (κ1) is 8.01. The maximum atomic E-state index is 9.09. The van der Waals surface area contributed by atoms with Crippen molar-refractivity contribution in [3.63, 3.8) is 0 Å². The maximum Gasteiger partial charge on any atom is 0.0687 e. The molecule has 0 amide bonds. The van der Waals surface area contributed by atoms with E-state index in [1.165, 1.54) is 0 Å². The monoisotopic (exact) mass is 174 g/mol. The molecule has 0 aliphatic heterocycles. The molecule has 0 fully saturated rings. The molecule has 0 bridgehead atoms. The summed E-state index contributed by atoms with van der Waals surface area (Å²) in [6.07, 6.45) is 3.56. The Kier molecular flexibility index (Phi) is 2.10. The van der Waals surface area contributed by atoms with Gasteiger partial charge in [0.15, 0.2) is 0 Å². The van der Waals surface area contributed by atoms with Gasteiger partial charge in [0.2, 0.25) is 0 Å². The Hall–Kier alpha value is -1.61. The Morgan fingerprint density at radius 3 is 2.85 bits per heavy atom. The molecule has 3 heteroatoms. The SMILES string of the molecule is OCc1ccccc1-c1cn[nH]c1. The number of aliphatic hydroxyl groups is 1. The minimum absolute atomic E-state index is 0.0569. The first-order chi connectivity index (χ1) is 6.42. The van der Waals surface area contributed by atoms with Gasteiger partial charge in [-0.15, -0.1) is 0 Å². The first-order valence-corrected chi connectivity index (χ1v) is 4.09. The number of benzene rings is 1. The lowest BCUT2D eigenvalue weighted by molar-refractivity contribution is 0.282. The summed E-state index contributed by atoms with van der Waals surface area (Å²) in [5, 5.41) is 15.7. The van der Waals surface area contributed by atoms with Gasteiger partial charge in [0.05, 0.1) is 12.8 Å². The molecule has 13 heavy (non-hydrogen) atoms. The van der Waals surface area contributed by atoms with Gasteiger partial charge >= 0.3 is 0 Å². The third kappa shape index (κ3) is 1.46. The van der Waals surface area contributed by atoms with Crippen molar-refractivity contribution in [2.75, 3.05) is 0 Å². The standard InChI is InChI=1S/C10H10N2O/c13-7-8-3-1-2-4-10(8)9-5-11-12-6-9/h1-6,13H,7H2,(H,11,12). The molecular formula is C10H10N2O. The number of hydrogen-bond acceptors (Lipinski definition) is 2. The molecule has 0 saturated heterocycles. The van der Waals surface area contributed by atoms with Crippen LogP contribution in [-0.2, 0) is 6.61 Å². The van der Waals surface area contributed by atoms with Crippen LogP contribution in [0.1, 0.15) is 5.56 Å². The van der Waals surface area contributed by atoms with Gasteiger partial charge in [0.25, 0.3) is 0 Å². The van der Waals surface area contributed by atoms with Gasteiger partial charge in [-0.3, -0.25) is 5.10 Å². The molecule has 0 unspecified atom stereocenters. The molecular weight excluding hydrogens is 164 g/mol. The van der Waals surface area contributed by atoms with E-state index in [1.54, 1.807) is 6.20 Å². The fourth-order valence-electron chi connectivity index (χ4n) is 1.34. The Morgan fingerprint density at radius 2 is 2.15 bits per heavy atom. The van der Waals surface area contributed by atoms with Crippen LogP contribution in [0.25, 0.3) is 11.1 Å². The molecule has 66 valence electrons. The topological polar surface area (TPSA) is 48.9 Å². The lowest BCUT2D eigenvalue weighted by Gasteiger charge is -2.03. The van der Waals surface area contributed by atoms with Gasteiger partial charge in [0, 0.05) is 11.8 Å². The van der Waals surface area contributed by atoms with Gasteiger partial charge in [-0.05, 0) is 11.1 Å². The zero-order chi connectivity index (χ0) is 9.10. The average molecular weight is 174 g/mol. The second-order valence-corrected chi connectivity index (χ2v) is 2.80. The molecule has 0 aliphatic rings. The molecule has 2 rings (SSSR count). The lowest BCUT2D eigenvalue weighted by atomic mass is 10.0. The molecule has 1 aromatic heterocycles. The number of hydrogen-bond donors (Lipinski definition) is 2. The number of H-pyrrole nitrogens is 1. The van der Waals surface area contributed by atoms with E-state index in [0.717, 1.165) is 16.7 Å². The molecule has 2 aromatic rings. The van der Waals surface area contributed by atoms with Crippen LogP contribution in [0.4, 0.5) is 0 Å². The lowest BCUT2D eigenvalue weighted by Crippen LogP contribution is -1.86. The number of aliphatic hydroxyl groups excluding tert-OH is 1. The highest BCUT2D eigenvalue weighted by atomic mass is 16.3. The van der Waals surface area contributed by atoms with Crippen LogP contribution >= 0.6 is 0 Å². The number of aromatic nitrogens is 2. The largest absolute Gasteiger partial charge is 0.392 e. The van der Waals surface area contributed by atoms with E-state index in [-0.39, 0.29) is 6.61 Å². The van der Waals surface area contributed by atoms with Gasteiger partial charge < -0.3 is 5.11 Å². The van der Waals surface area contributed by atoms with Crippen LogP contribution in [0.3, 0.4) is 0 Å². The van der Waals surface area contributed by atoms with E-state index >= 15 is 0 Å². The predicted molar refractivity (Wildman–Crippen MR) is 49.9 cm³/mol. The van der Waals surface area contributed by atoms with Crippen LogP contribution in [-0.4, -0.2) is 15.3 Å². The number of aromatic amines is 1. The predicted octanol–water partition coefficient (Wildman–Crippen LogP) is 1.57. The van der Waals surface area contributed by atoms with E-state index in [1.807, 2.05) is 30.5 Å². The fraction of sp³-hybridized carbons (Fsp3) is 0.100. The summed E-state index contributed by atoms with van der Waals surface area (Å²) < 4.78 is 0. The number of nitrogens with one attached hydrogen (secondary N) is 1. The van der Waals surface area contributed by atoms with E-state index in [4.69, 9.17) is 5.11 Å². The summed E-state index contributed by atoms with van der Waals surface area (Å²) in [4.78, 5) is 0. The molecule has 0 radical (unpaired) electrons. The molecule has 2 N–H and O–H groups in total. The minimum atomic E-state index is 0.0569. The van der Waals surface area contributed by atoms with Crippen LogP contribution in [0, 0.1) is 0 Å². The average Bonchev–Trinajstić information content (AvgIpc) is 2.70. The van der Waals surface area contributed by atoms with Gasteiger partial charge in [-0.1, -0.05) is 24.3 Å². The second-order valence-electron chi connectivity index (χ2n) is 2.80. The summed E-state index contributed by atoms with van der Waals surface area (Å²) in [6.45, 7) is 0.0569. The van der Waals surface area contributed by atoms with Crippen molar-refractivity contribution in [3.8, 4) is 11.1 Å². The molecule has 1 aromatic carbocycles. The molecule has 0 spiro atoms. The van der Waals surface area contributed by atoms with Crippen molar-refractivity contribution in [2.45, 2.75) is 6.61 Å². The fourth-order valence-corrected chi connectivity index (χ4v) is 1.34. The molecule has 1 heterocycles. The summed E-state index contributed by atoms with van der Waals surface area (Å²) in [5.41, 5.74) is 2.95. The molecule has 0 atom stereocenters. The third-order valence-electron chi connectivity index (χ3n) is 2.00. The number of nitrogens with zero attached hydrogens (tertiary/aromatic N) is 1. The van der Waals surface area contributed by atoms with Crippen LogP contribution in [0.5, 0.6) is 0 Å². The zero-order valence-corrected chi connectivity index (χ0v) is 7.07. The van der Waals surface area contributed by atoms with Crippen molar-refractivity contribution >= 4 is 0 Å². The Bertz CT molecular complexity index is 382. The Balaban J connectivity index is 2.51. The summed E-state index contributed by atoms with van der Waals surface area (Å²) in [7, 11) is 0. The van der Waals surface area contributed by atoms with Gasteiger partial charge in [-0.2, -0.15) is 5.10 Å². The van der Waals surface area contributed by atoms with Gasteiger partial charge in [0.1, 0.15) is 0 Å². The highest BCUT2D eigenvalue weighted by molar-refractivity contribution is 5.65. The third-order valence-corrected chi connectivity index (χ3v) is 2.00. The summed E-state index contributed by atoms with van der Waals surface area (Å²) in [5.74, 6) is 0. The maximum absolute atomic E-state index is 9.09.